The van der Waals surface area contributed by atoms with Gasteiger partial charge in [0, 0.05) is 23.8 Å². The van der Waals surface area contributed by atoms with Crippen LogP contribution in [0.4, 0.5) is 5.69 Å². The van der Waals surface area contributed by atoms with E-state index in [0.717, 1.165) is 20.9 Å². The number of H-pyrrole nitrogens is 1. The van der Waals surface area contributed by atoms with Gasteiger partial charge in [-0.1, -0.05) is 11.6 Å². The predicted octanol–water partition coefficient (Wildman–Crippen LogP) is 3.10. The third kappa shape index (κ3) is 4.21. The Morgan fingerprint density at radius 2 is 2.00 bits per heavy atom. The lowest BCUT2D eigenvalue weighted by atomic mass is 10.1. The van der Waals surface area contributed by atoms with Crippen LogP contribution >= 0.6 is 11.6 Å². The third-order valence-electron chi connectivity index (χ3n) is 4.45. The summed E-state index contributed by atoms with van der Waals surface area (Å²) in [5, 5.41) is 10.6. The lowest BCUT2D eigenvalue weighted by Gasteiger charge is -2.18. The Morgan fingerprint density at radius 1 is 1.28 bits per heavy atom. The van der Waals surface area contributed by atoms with Crippen LogP contribution in [0.5, 0.6) is 5.75 Å². The number of likely N-dealkylation sites (N-methyl/N-ethyl adjacent to an activating group) is 1. The summed E-state index contributed by atoms with van der Waals surface area (Å²) < 4.78 is 32.2. The number of ether oxygens (including phenoxy) is 1. The van der Waals surface area contributed by atoms with Gasteiger partial charge in [0.05, 0.1) is 18.7 Å². The molecule has 0 spiro atoms. The van der Waals surface area contributed by atoms with Crippen LogP contribution in [-0.2, 0) is 14.8 Å². The third-order valence-corrected chi connectivity index (χ3v) is 6.56. The number of fused-ring (bicyclic) bond motifs is 1. The van der Waals surface area contributed by atoms with Gasteiger partial charge in [-0.15, -0.1) is 0 Å². The lowest BCUT2D eigenvalue weighted by Crippen LogP contribution is -2.35. The Hall–Kier alpha value is -2.62. The number of anilines is 1. The Morgan fingerprint density at radius 3 is 2.66 bits per heavy atom. The number of rotatable bonds is 6. The molecule has 8 nitrogen and oxygen atoms in total. The number of hydrogen-bond acceptors (Lipinski definition) is 5. The van der Waals surface area contributed by atoms with Crippen LogP contribution in [-0.4, -0.2) is 49.5 Å². The van der Waals surface area contributed by atoms with Gasteiger partial charge in [-0.25, -0.2) is 8.42 Å². The molecule has 1 heterocycles. The summed E-state index contributed by atoms with van der Waals surface area (Å²) >= 11 is 6.05. The van der Waals surface area contributed by atoms with E-state index in [1.807, 2.05) is 19.9 Å². The van der Waals surface area contributed by atoms with Crippen LogP contribution in [0.3, 0.4) is 0 Å². The molecule has 0 saturated carbocycles. The summed E-state index contributed by atoms with van der Waals surface area (Å²) in [6.07, 6.45) is 0. The minimum Gasteiger partial charge on any atom is -0.495 e. The number of benzene rings is 2. The molecule has 3 aromatic rings. The van der Waals surface area contributed by atoms with E-state index in [0.29, 0.717) is 22.0 Å². The zero-order chi connectivity index (χ0) is 21.3. The number of aromatic amines is 1. The topological polar surface area (TPSA) is 104 Å². The van der Waals surface area contributed by atoms with Gasteiger partial charge in [0.25, 0.3) is 0 Å². The molecule has 29 heavy (non-hydrogen) atoms. The number of nitrogens with zero attached hydrogens (tertiary/aromatic N) is 2. The molecular formula is C19H21ClN4O4S. The minimum absolute atomic E-state index is 0.0552. The molecule has 2 aromatic carbocycles. The van der Waals surface area contributed by atoms with Gasteiger partial charge in [-0.2, -0.15) is 9.40 Å². The average molecular weight is 437 g/mol. The van der Waals surface area contributed by atoms with Gasteiger partial charge in [0.2, 0.25) is 15.9 Å². The van der Waals surface area contributed by atoms with E-state index in [2.05, 4.69) is 15.5 Å². The van der Waals surface area contributed by atoms with Crippen molar-refractivity contribution in [2.75, 3.05) is 26.0 Å². The molecule has 0 radical (unpaired) electrons. The van der Waals surface area contributed by atoms with E-state index in [1.54, 1.807) is 18.2 Å². The normalized spacial score (nSPS) is 11.8. The highest BCUT2D eigenvalue weighted by atomic mass is 35.5. The monoisotopic (exact) mass is 436 g/mol. The summed E-state index contributed by atoms with van der Waals surface area (Å²) in [5.41, 5.74) is 2.35. The second-order valence-corrected chi connectivity index (χ2v) is 9.09. The molecule has 2 N–H and O–H groups in total. The Kier molecular flexibility index (Phi) is 5.83. The molecule has 154 valence electrons. The largest absolute Gasteiger partial charge is 0.495 e. The van der Waals surface area contributed by atoms with Crippen molar-refractivity contribution < 1.29 is 17.9 Å². The molecule has 0 aliphatic heterocycles. The van der Waals surface area contributed by atoms with Gasteiger partial charge < -0.3 is 10.1 Å². The van der Waals surface area contributed by atoms with Crippen molar-refractivity contribution in [2.24, 2.45) is 0 Å². The van der Waals surface area contributed by atoms with Crippen molar-refractivity contribution >= 4 is 44.1 Å². The van der Waals surface area contributed by atoms with Crippen LogP contribution in [0.15, 0.2) is 35.2 Å². The number of carbonyl (C=O) groups is 1. The number of methoxy groups -OCH3 is 1. The van der Waals surface area contributed by atoms with E-state index >= 15 is 0 Å². The minimum atomic E-state index is -3.94. The average Bonchev–Trinajstić information content (AvgIpc) is 3.01. The maximum absolute atomic E-state index is 13.1. The molecule has 0 aliphatic rings. The molecule has 0 bridgehead atoms. The molecular weight excluding hydrogens is 416 g/mol. The molecule has 0 fully saturated rings. The quantitative estimate of drug-likeness (QED) is 0.617. The summed E-state index contributed by atoms with van der Waals surface area (Å²) in [5.74, 6) is -0.0264. The highest BCUT2D eigenvalue weighted by molar-refractivity contribution is 7.89. The Balaban J connectivity index is 1.82. The first-order valence-corrected chi connectivity index (χ1v) is 10.5. The SMILES string of the molecule is COc1ccc(NC(=O)CN(C)S(=O)(=O)c2cc(C)cc3c(C)[nH]nc23)cc1Cl. The van der Waals surface area contributed by atoms with Gasteiger partial charge in [0.1, 0.15) is 16.2 Å². The van der Waals surface area contributed by atoms with Gasteiger partial charge >= 0.3 is 0 Å². The molecule has 0 aliphatic carbocycles. The molecule has 3 rings (SSSR count). The fourth-order valence-electron chi connectivity index (χ4n) is 2.94. The molecule has 1 amide bonds. The van der Waals surface area contributed by atoms with Crippen LogP contribution in [0, 0.1) is 13.8 Å². The standard InChI is InChI=1S/C19H21ClN4O4S/c1-11-7-14-12(2)22-23-19(14)17(8-11)29(26,27)24(3)10-18(25)21-13-5-6-16(28-4)15(20)9-13/h5-9H,10H2,1-4H3,(H,21,25)(H,22,23). The van der Waals surface area contributed by atoms with Crippen LogP contribution in [0.1, 0.15) is 11.3 Å². The number of carbonyl (C=O) groups excluding carboxylic acids is 1. The zero-order valence-corrected chi connectivity index (χ0v) is 18.0. The second kappa shape index (κ2) is 8.02. The highest BCUT2D eigenvalue weighted by Crippen LogP contribution is 2.28. The van der Waals surface area contributed by atoms with Crippen molar-refractivity contribution in [3.05, 3.63) is 46.6 Å². The van der Waals surface area contributed by atoms with Crippen molar-refractivity contribution in [3.63, 3.8) is 0 Å². The number of aromatic nitrogens is 2. The first-order valence-electron chi connectivity index (χ1n) is 8.68. The van der Waals surface area contributed by atoms with Gasteiger partial charge in [0.15, 0.2) is 0 Å². The van der Waals surface area contributed by atoms with E-state index < -0.39 is 15.9 Å². The van der Waals surface area contributed by atoms with Gasteiger partial charge in [-0.3, -0.25) is 9.89 Å². The first-order chi connectivity index (χ1) is 13.6. The highest BCUT2D eigenvalue weighted by Gasteiger charge is 2.27. The van der Waals surface area contributed by atoms with Crippen LogP contribution < -0.4 is 10.1 Å². The first kappa shape index (κ1) is 21.1. The smallest absolute Gasteiger partial charge is 0.245 e. The van der Waals surface area contributed by atoms with Crippen molar-refractivity contribution in [3.8, 4) is 5.75 Å². The zero-order valence-electron chi connectivity index (χ0n) is 16.4. The number of sulfonamides is 1. The number of halogens is 1. The van der Waals surface area contributed by atoms with E-state index in [1.165, 1.54) is 20.2 Å². The maximum Gasteiger partial charge on any atom is 0.245 e. The molecule has 1 aromatic heterocycles. The maximum atomic E-state index is 13.1. The van der Waals surface area contributed by atoms with E-state index in [9.17, 15) is 13.2 Å². The molecule has 0 atom stereocenters. The second-order valence-electron chi connectivity index (χ2n) is 6.67. The predicted molar refractivity (Wildman–Crippen MR) is 112 cm³/mol. The summed E-state index contributed by atoms with van der Waals surface area (Å²) in [6.45, 7) is 3.26. The summed E-state index contributed by atoms with van der Waals surface area (Å²) in [6, 6.07) is 8.18. The van der Waals surface area contributed by atoms with Crippen molar-refractivity contribution in [2.45, 2.75) is 18.7 Å². The number of hydrogen-bond donors (Lipinski definition) is 2. The van der Waals surface area contributed by atoms with Crippen molar-refractivity contribution in [1.29, 1.82) is 0 Å². The van der Waals surface area contributed by atoms with Crippen LogP contribution in [0.25, 0.3) is 10.9 Å². The number of nitrogens with one attached hydrogen (secondary N) is 2. The van der Waals surface area contributed by atoms with Crippen LogP contribution in [0.2, 0.25) is 5.02 Å². The molecule has 10 heteroatoms. The van der Waals surface area contributed by atoms with E-state index in [-0.39, 0.29) is 11.4 Å². The van der Waals surface area contributed by atoms with E-state index in [4.69, 9.17) is 16.3 Å². The fourth-order valence-corrected chi connectivity index (χ4v) is 4.56. The Labute approximate surface area is 173 Å². The lowest BCUT2D eigenvalue weighted by molar-refractivity contribution is -0.116. The van der Waals surface area contributed by atoms with Gasteiger partial charge in [-0.05, 0) is 49.7 Å². The number of amides is 1. The number of aryl methyl sites for hydroxylation is 2. The summed E-state index contributed by atoms with van der Waals surface area (Å²) in [7, 11) is -1.10. The van der Waals surface area contributed by atoms with Crippen molar-refractivity contribution in [1.82, 2.24) is 14.5 Å². The Bertz CT molecular complexity index is 1190. The fraction of sp³-hybridized carbons (Fsp3) is 0.263. The molecule has 0 unspecified atom stereocenters. The molecule has 0 saturated heterocycles. The summed E-state index contributed by atoms with van der Waals surface area (Å²) in [4.78, 5) is 12.4.